The van der Waals surface area contributed by atoms with Gasteiger partial charge in [0.25, 0.3) is 0 Å². The van der Waals surface area contributed by atoms with Gasteiger partial charge in [0.2, 0.25) is 0 Å². The van der Waals surface area contributed by atoms with E-state index in [1.54, 1.807) is 18.3 Å². The number of nitrogens with zero attached hydrogens (tertiary/aromatic N) is 2. The number of alkyl halides is 2. The van der Waals surface area contributed by atoms with Gasteiger partial charge in [0, 0.05) is 56.8 Å². The number of nitrogens with one attached hydrogen (secondary N) is 3. The van der Waals surface area contributed by atoms with Crippen LogP contribution in [0.25, 0.3) is 0 Å². The van der Waals surface area contributed by atoms with Crippen LogP contribution in [0.15, 0.2) is 36.5 Å². The smallest absolute Gasteiger partial charge is 0.394 e. The molecular weight excluding hydrogens is 420 g/mol. The third kappa shape index (κ3) is 4.82. The molecule has 2 aliphatic rings. The molecule has 2 saturated heterocycles. The number of aliphatic hydroxyl groups is 2. The second-order valence-electron chi connectivity index (χ2n) is 8.30. The van der Waals surface area contributed by atoms with Gasteiger partial charge >= 0.3 is 6.11 Å². The van der Waals surface area contributed by atoms with E-state index >= 15 is 0 Å². The summed E-state index contributed by atoms with van der Waals surface area (Å²) < 4.78 is 30.7. The zero-order chi connectivity index (χ0) is 22.9. The summed E-state index contributed by atoms with van der Waals surface area (Å²) in [7, 11) is 0. The summed E-state index contributed by atoms with van der Waals surface area (Å²) in [5.41, 5.74) is 2.60. The first-order chi connectivity index (χ1) is 15.2. The molecule has 0 amide bonds. The van der Waals surface area contributed by atoms with Crippen molar-refractivity contribution in [2.45, 2.75) is 19.1 Å². The summed E-state index contributed by atoms with van der Waals surface area (Å²) in [5.74, 6) is 0.592. The van der Waals surface area contributed by atoms with Gasteiger partial charge in [-0.3, -0.25) is 0 Å². The third-order valence-electron chi connectivity index (χ3n) is 5.78. The fraction of sp³-hybridized carbons (Fsp3) is 0.455. The monoisotopic (exact) mass is 447 g/mol. The Hall–Kier alpha value is -2.82. The lowest BCUT2D eigenvalue weighted by molar-refractivity contribution is -0.158. The van der Waals surface area contributed by atoms with Crippen LogP contribution in [0, 0.1) is 17.2 Å². The van der Waals surface area contributed by atoms with E-state index in [2.05, 4.69) is 25.3 Å². The van der Waals surface area contributed by atoms with Crippen molar-refractivity contribution >= 4 is 22.9 Å². The highest BCUT2D eigenvalue weighted by Gasteiger charge is 2.36. The highest BCUT2D eigenvalue weighted by Crippen LogP contribution is 2.35. The van der Waals surface area contributed by atoms with Crippen LogP contribution in [-0.2, 0) is 0 Å². The maximum atomic E-state index is 13.1. The van der Waals surface area contributed by atoms with Crippen LogP contribution in [0.5, 0.6) is 5.75 Å². The SMILES string of the molecule is CC(F)(F)Oc1ccc(Nc2nccc(N3CC(C(O)CO)C3)c2C(=N)C2CNC2)cc1. The van der Waals surface area contributed by atoms with Crippen molar-refractivity contribution in [1.82, 2.24) is 10.3 Å². The normalized spacial score (nSPS) is 18.0. The number of pyridine rings is 1. The van der Waals surface area contributed by atoms with E-state index in [1.165, 1.54) is 12.1 Å². The molecule has 8 nitrogen and oxygen atoms in total. The van der Waals surface area contributed by atoms with Gasteiger partial charge in [0.15, 0.2) is 0 Å². The number of hydrogen-bond acceptors (Lipinski definition) is 8. The minimum absolute atomic E-state index is 0.0267. The minimum atomic E-state index is -3.26. The summed E-state index contributed by atoms with van der Waals surface area (Å²) in [6.07, 6.45) is -2.37. The number of aliphatic hydroxyl groups excluding tert-OH is 2. The molecule has 1 atom stereocenters. The molecule has 0 saturated carbocycles. The van der Waals surface area contributed by atoms with Crippen molar-refractivity contribution in [2.75, 3.05) is 43.0 Å². The first-order valence-corrected chi connectivity index (χ1v) is 10.5. The molecule has 4 rings (SSSR count). The molecule has 5 N–H and O–H groups in total. The summed E-state index contributed by atoms with van der Waals surface area (Å²) in [4.78, 5) is 6.51. The Balaban J connectivity index is 1.58. The van der Waals surface area contributed by atoms with Crippen molar-refractivity contribution in [3.63, 3.8) is 0 Å². The van der Waals surface area contributed by atoms with Crippen molar-refractivity contribution in [3.05, 3.63) is 42.1 Å². The summed E-state index contributed by atoms with van der Waals surface area (Å²) in [5, 5.41) is 34.3. The number of rotatable bonds is 9. The number of anilines is 3. The molecule has 2 fully saturated rings. The van der Waals surface area contributed by atoms with E-state index in [9.17, 15) is 19.0 Å². The fourth-order valence-corrected chi connectivity index (χ4v) is 3.82. The highest BCUT2D eigenvalue weighted by molar-refractivity contribution is 6.09. The van der Waals surface area contributed by atoms with Gasteiger partial charge in [0.05, 0.1) is 29.7 Å². The quantitative estimate of drug-likeness (QED) is 0.375. The van der Waals surface area contributed by atoms with Crippen molar-refractivity contribution in [3.8, 4) is 5.75 Å². The maximum absolute atomic E-state index is 13.1. The van der Waals surface area contributed by atoms with E-state index in [4.69, 9.17) is 5.41 Å². The van der Waals surface area contributed by atoms with Crippen LogP contribution >= 0.6 is 0 Å². The zero-order valence-corrected chi connectivity index (χ0v) is 17.7. The Bertz CT molecular complexity index is 957. The molecule has 0 radical (unpaired) electrons. The standard InChI is InChI=1S/C22H27F2N5O3/c1-22(23,24)32-16-4-2-15(3-5-16)28-21-19(20(25)13-8-26-9-13)17(6-7-27-21)29-10-14(11-29)18(31)12-30/h2-7,13-14,18,25-26,30-31H,8-12H2,1H3,(H,27,28). The first kappa shape index (κ1) is 22.4. The maximum Gasteiger partial charge on any atom is 0.394 e. The first-order valence-electron chi connectivity index (χ1n) is 10.5. The van der Waals surface area contributed by atoms with Gasteiger partial charge < -0.3 is 35.9 Å². The summed E-state index contributed by atoms with van der Waals surface area (Å²) in [6, 6.07) is 7.97. The molecule has 32 heavy (non-hydrogen) atoms. The molecule has 3 heterocycles. The number of ether oxygens (including phenoxy) is 1. The van der Waals surface area contributed by atoms with E-state index in [0.717, 1.165) is 18.8 Å². The van der Waals surface area contributed by atoms with Crippen LogP contribution in [0.1, 0.15) is 12.5 Å². The lowest BCUT2D eigenvalue weighted by Gasteiger charge is -2.44. The van der Waals surface area contributed by atoms with Gasteiger partial charge in [-0.15, -0.1) is 0 Å². The molecule has 172 valence electrons. The van der Waals surface area contributed by atoms with E-state index < -0.39 is 12.2 Å². The molecule has 0 aliphatic carbocycles. The predicted octanol–water partition coefficient (Wildman–Crippen LogP) is 2.19. The van der Waals surface area contributed by atoms with Crippen LogP contribution in [0.4, 0.5) is 26.0 Å². The van der Waals surface area contributed by atoms with Gasteiger partial charge in [0.1, 0.15) is 11.6 Å². The second kappa shape index (κ2) is 8.97. The van der Waals surface area contributed by atoms with Gasteiger partial charge in [-0.05, 0) is 30.3 Å². The lowest BCUT2D eigenvalue weighted by atomic mass is 9.88. The Morgan fingerprint density at radius 3 is 2.56 bits per heavy atom. The minimum Gasteiger partial charge on any atom is -0.433 e. The topological polar surface area (TPSA) is 114 Å². The number of benzene rings is 1. The lowest BCUT2D eigenvalue weighted by Crippen LogP contribution is -2.54. The molecule has 0 spiro atoms. The largest absolute Gasteiger partial charge is 0.433 e. The van der Waals surface area contributed by atoms with Crippen LogP contribution in [-0.4, -0.2) is 65.9 Å². The summed E-state index contributed by atoms with van der Waals surface area (Å²) in [6.45, 7) is 2.99. The average Bonchev–Trinajstić information content (AvgIpc) is 2.66. The average molecular weight is 447 g/mol. The van der Waals surface area contributed by atoms with Crippen molar-refractivity contribution in [2.24, 2.45) is 11.8 Å². The molecule has 1 aromatic carbocycles. The van der Waals surface area contributed by atoms with E-state index in [0.29, 0.717) is 42.8 Å². The van der Waals surface area contributed by atoms with E-state index in [-0.39, 0.29) is 24.2 Å². The Morgan fingerprint density at radius 1 is 1.31 bits per heavy atom. The molecule has 2 aromatic rings. The van der Waals surface area contributed by atoms with Gasteiger partial charge in [-0.1, -0.05) is 0 Å². The van der Waals surface area contributed by atoms with Crippen LogP contribution < -0.4 is 20.3 Å². The van der Waals surface area contributed by atoms with Gasteiger partial charge in [-0.25, -0.2) is 4.98 Å². The van der Waals surface area contributed by atoms with Gasteiger partial charge in [-0.2, -0.15) is 8.78 Å². The highest BCUT2D eigenvalue weighted by atomic mass is 19.3. The zero-order valence-electron chi connectivity index (χ0n) is 17.7. The molecule has 0 bridgehead atoms. The van der Waals surface area contributed by atoms with Crippen LogP contribution in [0.2, 0.25) is 0 Å². The molecule has 1 unspecified atom stereocenters. The third-order valence-corrected chi connectivity index (χ3v) is 5.78. The molecule has 10 heteroatoms. The fourth-order valence-electron chi connectivity index (χ4n) is 3.82. The van der Waals surface area contributed by atoms with E-state index in [1.807, 2.05) is 6.07 Å². The van der Waals surface area contributed by atoms with Crippen molar-refractivity contribution < 1.29 is 23.7 Å². The Kier molecular flexibility index (Phi) is 6.27. The molecule has 1 aromatic heterocycles. The number of hydrogen-bond donors (Lipinski definition) is 5. The van der Waals surface area contributed by atoms with Crippen molar-refractivity contribution in [1.29, 1.82) is 5.41 Å². The Morgan fingerprint density at radius 2 is 2.00 bits per heavy atom. The predicted molar refractivity (Wildman–Crippen MR) is 117 cm³/mol. The Labute approximate surface area is 184 Å². The second-order valence-corrected chi connectivity index (χ2v) is 8.30. The van der Waals surface area contributed by atoms with Crippen LogP contribution in [0.3, 0.4) is 0 Å². The number of aromatic nitrogens is 1. The molecular formula is C22H27F2N5O3. The molecule has 2 aliphatic heterocycles. The summed E-state index contributed by atoms with van der Waals surface area (Å²) >= 11 is 0. The number of halogens is 2.